The number of para-hydroxylation sites is 2. The standard InChI is InChI=1S/C72H46N2O/c1-4-20-61-50(13-1)35-42-67-66-41-36-54(46-71(66)75-72(61)67)53-16-12-17-58(44-53)73(57-39-33-49(34-40-57)52-15-11-18-59(43-52)74-69-25-9-7-23-64(69)65-24-8-10-26-70(65)74)56-37-31-48(32-38-56)47-27-29-51(30-28-47)68-45-55-14-2-3-19-60(55)62-21-5-6-22-63(62)68/h1-46H. The second-order valence-electron chi connectivity index (χ2n) is 19.6. The first-order valence-electron chi connectivity index (χ1n) is 25.7. The number of furan rings is 1. The van der Waals surface area contributed by atoms with Crippen LogP contribution in [0.25, 0.3) is 126 Å². The number of hydrogen-bond donors (Lipinski definition) is 0. The van der Waals surface area contributed by atoms with E-state index in [9.17, 15) is 0 Å². The van der Waals surface area contributed by atoms with E-state index < -0.39 is 0 Å². The molecule has 0 amide bonds. The van der Waals surface area contributed by atoms with Crippen LogP contribution in [-0.2, 0) is 0 Å². The van der Waals surface area contributed by atoms with E-state index in [0.717, 1.165) is 77.9 Å². The molecule has 0 aliphatic rings. The Balaban J connectivity index is 0.799. The Labute approximate surface area is 434 Å². The zero-order valence-electron chi connectivity index (χ0n) is 40.9. The molecule has 0 aliphatic carbocycles. The molecular weight excluding hydrogens is 909 g/mol. The molecule has 75 heavy (non-hydrogen) atoms. The fourth-order valence-electron chi connectivity index (χ4n) is 11.7. The lowest BCUT2D eigenvalue weighted by Gasteiger charge is -2.26. The lowest BCUT2D eigenvalue weighted by molar-refractivity contribution is 0.673. The molecule has 0 unspecified atom stereocenters. The average molecular weight is 955 g/mol. The molecule has 2 aromatic heterocycles. The van der Waals surface area contributed by atoms with E-state index in [2.05, 4.69) is 289 Å². The quantitative estimate of drug-likeness (QED) is 0.142. The summed E-state index contributed by atoms with van der Waals surface area (Å²) >= 11 is 0. The van der Waals surface area contributed by atoms with Crippen molar-refractivity contribution in [2.24, 2.45) is 0 Å². The van der Waals surface area contributed by atoms with Gasteiger partial charge < -0.3 is 13.9 Å². The third-order valence-electron chi connectivity index (χ3n) is 15.4. The molecular formula is C72H46N2O. The maximum Gasteiger partial charge on any atom is 0.143 e. The van der Waals surface area contributed by atoms with Gasteiger partial charge in [-0.2, -0.15) is 0 Å². The van der Waals surface area contributed by atoms with Crippen LogP contribution in [0.2, 0.25) is 0 Å². The van der Waals surface area contributed by atoms with Crippen molar-refractivity contribution in [3.8, 4) is 50.2 Å². The summed E-state index contributed by atoms with van der Waals surface area (Å²) in [5, 5.41) is 12.2. The highest BCUT2D eigenvalue weighted by Gasteiger charge is 2.18. The van der Waals surface area contributed by atoms with Gasteiger partial charge in [-0.15, -0.1) is 0 Å². The van der Waals surface area contributed by atoms with E-state index in [-0.39, 0.29) is 0 Å². The van der Waals surface area contributed by atoms with Crippen molar-refractivity contribution < 1.29 is 4.42 Å². The maximum absolute atomic E-state index is 6.66. The van der Waals surface area contributed by atoms with Gasteiger partial charge in [0.2, 0.25) is 0 Å². The molecule has 15 aromatic rings. The lowest BCUT2D eigenvalue weighted by atomic mass is 9.92. The van der Waals surface area contributed by atoms with Gasteiger partial charge in [0, 0.05) is 49.7 Å². The smallest absolute Gasteiger partial charge is 0.143 e. The van der Waals surface area contributed by atoms with Gasteiger partial charge in [-0.05, 0) is 156 Å². The Bertz CT molecular complexity index is 4640. The molecule has 13 aromatic carbocycles. The summed E-state index contributed by atoms with van der Waals surface area (Å²) in [4.78, 5) is 2.37. The van der Waals surface area contributed by atoms with Gasteiger partial charge in [0.25, 0.3) is 0 Å². The Morgan fingerprint density at radius 2 is 0.773 bits per heavy atom. The molecule has 3 heteroatoms. The average Bonchev–Trinajstić information content (AvgIpc) is 4.06. The molecule has 0 bridgehead atoms. The van der Waals surface area contributed by atoms with Crippen LogP contribution in [0.3, 0.4) is 0 Å². The van der Waals surface area contributed by atoms with E-state index in [0.29, 0.717) is 0 Å². The Morgan fingerprint density at radius 3 is 1.48 bits per heavy atom. The first-order valence-corrected chi connectivity index (χ1v) is 25.7. The zero-order valence-corrected chi connectivity index (χ0v) is 40.9. The normalized spacial score (nSPS) is 11.7. The number of benzene rings is 13. The minimum absolute atomic E-state index is 0.883. The molecule has 0 N–H and O–H groups in total. The second kappa shape index (κ2) is 17.4. The number of fused-ring (bicyclic) bond motifs is 11. The van der Waals surface area contributed by atoms with E-state index in [4.69, 9.17) is 4.42 Å². The summed E-state index contributed by atoms with van der Waals surface area (Å²) in [6.07, 6.45) is 0. The summed E-state index contributed by atoms with van der Waals surface area (Å²) < 4.78 is 9.04. The summed E-state index contributed by atoms with van der Waals surface area (Å²) in [6.45, 7) is 0. The summed E-state index contributed by atoms with van der Waals surface area (Å²) in [7, 11) is 0. The van der Waals surface area contributed by atoms with Crippen LogP contribution in [0.4, 0.5) is 17.1 Å². The highest BCUT2D eigenvalue weighted by Crippen LogP contribution is 2.42. The molecule has 3 nitrogen and oxygen atoms in total. The maximum atomic E-state index is 6.66. The molecule has 0 saturated heterocycles. The third kappa shape index (κ3) is 7.20. The monoisotopic (exact) mass is 954 g/mol. The Kier molecular flexibility index (Phi) is 9.89. The Morgan fingerprint density at radius 1 is 0.267 bits per heavy atom. The molecule has 0 atom stereocenters. The van der Waals surface area contributed by atoms with Crippen LogP contribution in [0, 0.1) is 0 Å². The van der Waals surface area contributed by atoms with Crippen LogP contribution < -0.4 is 4.90 Å². The summed E-state index contributed by atoms with van der Waals surface area (Å²) in [5.74, 6) is 0. The van der Waals surface area contributed by atoms with E-state index in [1.165, 1.54) is 65.4 Å². The zero-order chi connectivity index (χ0) is 49.4. The van der Waals surface area contributed by atoms with Crippen molar-refractivity contribution in [2.75, 3.05) is 4.90 Å². The predicted octanol–water partition coefficient (Wildman–Crippen LogP) is 20.3. The van der Waals surface area contributed by atoms with Gasteiger partial charge in [0.05, 0.1) is 11.0 Å². The van der Waals surface area contributed by atoms with Crippen molar-refractivity contribution in [1.29, 1.82) is 0 Å². The number of anilines is 3. The lowest BCUT2D eigenvalue weighted by Crippen LogP contribution is -2.10. The van der Waals surface area contributed by atoms with Gasteiger partial charge >= 0.3 is 0 Å². The van der Waals surface area contributed by atoms with Gasteiger partial charge in [0.1, 0.15) is 11.2 Å². The third-order valence-corrected chi connectivity index (χ3v) is 15.4. The molecule has 15 rings (SSSR count). The van der Waals surface area contributed by atoms with Crippen molar-refractivity contribution in [1.82, 2.24) is 4.57 Å². The fourth-order valence-corrected chi connectivity index (χ4v) is 11.7. The molecule has 0 radical (unpaired) electrons. The number of aromatic nitrogens is 1. The van der Waals surface area contributed by atoms with Crippen LogP contribution in [0.15, 0.2) is 283 Å². The van der Waals surface area contributed by atoms with E-state index >= 15 is 0 Å². The van der Waals surface area contributed by atoms with Crippen molar-refractivity contribution in [2.45, 2.75) is 0 Å². The van der Waals surface area contributed by atoms with E-state index in [1.54, 1.807) is 0 Å². The topological polar surface area (TPSA) is 21.3 Å². The largest absolute Gasteiger partial charge is 0.455 e. The molecule has 350 valence electrons. The number of hydrogen-bond acceptors (Lipinski definition) is 2. The SMILES string of the molecule is c1cc(-c2ccc3c(c2)oc2c4ccccc4ccc32)cc(N(c2ccc(-c3ccc(-c4cc5ccccc5c5ccccc45)cc3)cc2)c2ccc(-c3cccc(-n4c5ccccc5c5ccccc54)c3)cc2)c1. The van der Waals surface area contributed by atoms with Crippen molar-refractivity contribution in [3.63, 3.8) is 0 Å². The van der Waals surface area contributed by atoms with Crippen molar-refractivity contribution >= 4 is 93.1 Å². The van der Waals surface area contributed by atoms with Crippen LogP contribution in [0.5, 0.6) is 0 Å². The molecule has 0 fully saturated rings. The fraction of sp³-hybridized carbons (Fsp3) is 0. The minimum Gasteiger partial charge on any atom is -0.455 e. The first-order chi connectivity index (χ1) is 37.2. The summed E-state index contributed by atoms with van der Waals surface area (Å²) in [6, 6.07) is 101. The van der Waals surface area contributed by atoms with Gasteiger partial charge in [-0.3, -0.25) is 0 Å². The first kappa shape index (κ1) is 42.7. The highest BCUT2D eigenvalue weighted by molar-refractivity contribution is 6.16. The minimum atomic E-state index is 0.883. The molecule has 0 aliphatic heterocycles. The van der Waals surface area contributed by atoms with Gasteiger partial charge in [-0.25, -0.2) is 0 Å². The predicted molar refractivity (Wildman–Crippen MR) is 317 cm³/mol. The summed E-state index contributed by atoms with van der Waals surface area (Å²) in [5.41, 5.74) is 17.8. The van der Waals surface area contributed by atoms with Gasteiger partial charge in [0.15, 0.2) is 0 Å². The van der Waals surface area contributed by atoms with E-state index in [1.807, 2.05) is 0 Å². The van der Waals surface area contributed by atoms with Crippen LogP contribution in [0.1, 0.15) is 0 Å². The second-order valence-corrected chi connectivity index (χ2v) is 19.6. The molecule has 2 heterocycles. The van der Waals surface area contributed by atoms with Crippen LogP contribution in [-0.4, -0.2) is 4.57 Å². The Hall–Kier alpha value is -9.96. The number of rotatable bonds is 8. The number of nitrogens with zero attached hydrogens (tertiary/aromatic N) is 2. The van der Waals surface area contributed by atoms with Crippen LogP contribution >= 0.6 is 0 Å². The molecule has 0 spiro atoms. The van der Waals surface area contributed by atoms with Gasteiger partial charge in [-0.1, -0.05) is 194 Å². The highest BCUT2D eigenvalue weighted by atomic mass is 16.3. The molecule has 0 saturated carbocycles. The van der Waals surface area contributed by atoms with Crippen molar-refractivity contribution in [3.05, 3.63) is 279 Å².